The van der Waals surface area contributed by atoms with E-state index in [2.05, 4.69) is 5.32 Å². The molecule has 0 bridgehead atoms. The Hall–Kier alpha value is -2.88. The number of benzene rings is 1. The molecule has 2 N–H and O–H groups in total. The van der Waals surface area contributed by atoms with Gasteiger partial charge in [-0.1, -0.05) is 0 Å². The Morgan fingerprint density at radius 3 is 2.58 bits per heavy atom. The summed E-state index contributed by atoms with van der Waals surface area (Å²) in [5, 5.41) is 24.5. The number of nitrogens with zero attached hydrogens (tertiary/aromatic N) is 2. The summed E-state index contributed by atoms with van der Waals surface area (Å²) in [5.74, 6) is -0.749. The number of nitrogens with one attached hydrogen (secondary N) is 1. The van der Waals surface area contributed by atoms with Gasteiger partial charge in [0, 0.05) is 19.2 Å². The summed E-state index contributed by atoms with van der Waals surface area (Å²) in [6, 6.07) is 2.78. The Labute approximate surface area is 137 Å². The molecule has 2 aliphatic heterocycles. The third kappa shape index (κ3) is 2.22. The summed E-state index contributed by atoms with van der Waals surface area (Å²) in [6.07, 6.45) is 0. The minimum absolute atomic E-state index is 0.0601. The van der Waals surface area contributed by atoms with Gasteiger partial charge in [-0.2, -0.15) is 0 Å². The van der Waals surface area contributed by atoms with E-state index in [9.17, 15) is 28.4 Å². The van der Waals surface area contributed by atoms with E-state index in [1.54, 1.807) is 6.92 Å². The molecule has 0 spiro atoms. The number of rotatable bonds is 2. The number of aliphatic hydroxyl groups is 1. The van der Waals surface area contributed by atoms with Gasteiger partial charge < -0.3 is 15.3 Å². The quantitative estimate of drug-likeness (QED) is 0.607. The number of non-ortho nitro benzene ring substituents is 1. The van der Waals surface area contributed by atoms with Crippen molar-refractivity contribution in [2.45, 2.75) is 17.9 Å². The summed E-state index contributed by atoms with van der Waals surface area (Å²) in [4.78, 5) is 23.4. The average Bonchev–Trinajstić information content (AvgIpc) is 2.70. The summed E-state index contributed by atoms with van der Waals surface area (Å²) in [7, 11) is -2.52. The first-order valence-electron chi connectivity index (χ1n) is 6.86. The second-order valence-electron chi connectivity index (χ2n) is 5.49. The molecular formula is C14H13N3O6S. The van der Waals surface area contributed by atoms with Crippen LogP contribution in [-0.2, 0) is 14.6 Å². The minimum atomic E-state index is -4.01. The predicted molar refractivity (Wildman–Crippen MR) is 83.9 cm³/mol. The smallest absolute Gasteiger partial charge is 0.270 e. The number of carbonyl (C=O) groups is 1. The fraction of sp³-hybridized carbons (Fsp3) is 0.214. The predicted octanol–water partition coefficient (Wildman–Crippen LogP) is 1.31. The second-order valence-corrected chi connectivity index (χ2v) is 7.26. The molecule has 1 amide bonds. The Bertz CT molecular complexity index is 947. The van der Waals surface area contributed by atoms with Crippen molar-refractivity contribution < 1.29 is 23.2 Å². The minimum Gasteiger partial charge on any atom is -0.509 e. The number of hydrogen-bond acceptors (Lipinski definition) is 7. The van der Waals surface area contributed by atoms with Crippen molar-refractivity contribution in [1.29, 1.82) is 0 Å². The van der Waals surface area contributed by atoms with E-state index in [-0.39, 0.29) is 33.3 Å². The molecule has 24 heavy (non-hydrogen) atoms. The van der Waals surface area contributed by atoms with Crippen LogP contribution in [0.3, 0.4) is 0 Å². The van der Waals surface area contributed by atoms with Gasteiger partial charge in [0.1, 0.15) is 16.2 Å². The number of likely N-dealkylation sites (N-methyl/N-ethyl adjacent to an activating group) is 1. The number of anilines is 1. The highest BCUT2D eigenvalue weighted by atomic mass is 32.2. The zero-order valence-corrected chi connectivity index (χ0v) is 13.5. The van der Waals surface area contributed by atoms with Gasteiger partial charge in [-0.25, -0.2) is 8.42 Å². The van der Waals surface area contributed by atoms with Gasteiger partial charge in [-0.3, -0.25) is 14.9 Å². The molecule has 3 rings (SSSR count). The first-order chi connectivity index (χ1) is 11.1. The van der Waals surface area contributed by atoms with Crippen LogP contribution in [0.2, 0.25) is 0 Å². The van der Waals surface area contributed by atoms with E-state index >= 15 is 0 Å². The molecule has 0 aromatic heterocycles. The molecule has 0 fully saturated rings. The van der Waals surface area contributed by atoms with Crippen LogP contribution < -0.4 is 5.32 Å². The van der Waals surface area contributed by atoms with Crippen molar-refractivity contribution in [2.75, 3.05) is 12.4 Å². The molecule has 10 heteroatoms. The van der Waals surface area contributed by atoms with E-state index in [1.807, 2.05) is 0 Å². The summed E-state index contributed by atoms with van der Waals surface area (Å²) in [6.45, 7) is 1.61. The molecule has 1 aromatic carbocycles. The molecule has 2 aliphatic rings. The molecule has 126 valence electrons. The maximum Gasteiger partial charge on any atom is 0.270 e. The fourth-order valence-electron chi connectivity index (χ4n) is 2.59. The molecule has 0 saturated heterocycles. The lowest BCUT2D eigenvalue weighted by atomic mass is 10.1. The van der Waals surface area contributed by atoms with Gasteiger partial charge in [0.25, 0.3) is 11.6 Å². The molecule has 0 radical (unpaired) electrons. The zero-order valence-electron chi connectivity index (χ0n) is 12.7. The maximum absolute atomic E-state index is 12.4. The number of aliphatic hydroxyl groups excluding tert-OH is 1. The van der Waals surface area contributed by atoms with Crippen LogP contribution in [0.4, 0.5) is 11.4 Å². The van der Waals surface area contributed by atoms with Crippen LogP contribution >= 0.6 is 0 Å². The van der Waals surface area contributed by atoms with Gasteiger partial charge >= 0.3 is 0 Å². The van der Waals surface area contributed by atoms with Gasteiger partial charge in [0.2, 0.25) is 9.84 Å². The largest absolute Gasteiger partial charge is 0.509 e. The van der Waals surface area contributed by atoms with Gasteiger partial charge in [-0.15, -0.1) is 0 Å². The highest BCUT2D eigenvalue weighted by molar-refractivity contribution is 7.94. The van der Waals surface area contributed by atoms with E-state index in [0.717, 1.165) is 17.5 Å². The standard InChI is InChI=1S/C14H13N3O6S/c1-7-13(18)12(14(19)16(7)2)10-6-24(22,23)11-5-8(17(20)21)3-4-9(11)15-10/h3-7,15,18H,1-2H3. The number of nitro groups is 1. The van der Waals surface area contributed by atoms with Gasteiger partial charge in [-0.05, 0) is 13.0 Å². The third-order valence-corrected chi connectivity index (χ3v) is 5.56. The molecule has 0 saturated carbocycles. The molecule has 2 heterocycles. The number of hydrogen-bond donors (Lipinski definition) is 2. The normalized spacial score (nSPS) is 22.1. The van der Waals surface area contributed by atoms with Crippen LogP contribution in [0.25, 0.3) is 0 Å². The SMILES string of the molecule is CC1C(O)=C(C2=CS(=O)(=O)c3cc([N+](=O)[O-])ccc3N2)C(=O)N1C. The van der Waals surface area contributed by atoms with Crippen molar-refractivity contribution in [3.63, 3.8) is 0 Å². The number of nitro benzene ring substituents is 1. The first kappa shape index (κ1) is 16.0. The summed E-state index contributed by atoms with van der Waals surface area (Å²) >= 11 is 0. The van der Waals surface area contributed by atoms with E-state index < -0.39 is 26.7 Å². The fourth-order valence-corrected chi connectivity index (χ4v) is 3.91. The Balaban J connectivity index is 2.13. The lowest BCUT2D eigenvalue weighted by Crippen LogP contribution is -2.30. The monoisotopic (exact) mass is 351 g/mol. The number of carbonyl (C=O) groups excluding carboxylic acids is 1. The number of sulfone groups is 1. The van der Waals surface area contributed by atoms with Crippen LogP contribution in [0.1, 0.15) is 6.92 Å². The van der Waals surface area contributed by atoms with Crippen molar-refractivity contribution in [2.24, 2.45) is 0 Å². The maximum atomic E-state index is 12.4. The Morgan fingerprint density at radius 2 is 2.04 bits per heavy atom. The summed E-state index contributed by atoms with van der Waals surface area (Å²) < 4.78 is 24.8. The Morgan fingerprint density at radius 1 is 1.38 bits per heavy atom. The highest BCUT2D eigenvalue weighted by Gasteiger charge is 2.38. The van der Waals surface area contributed by atoms with E-state index in [0.29, 0.717) is 0 Å². The lowest BCUT2D eigenvalue weighted by molar-refractivity contribution is -0.385. The molecular weight excluding hydrogens is 338 g/mol. The first-order valence-corrected chi connectivity index (χ1v) is 8.41. The molecule has 1 atom stereocenters. The molecule has 9 nitrogen and oxygen atoms in total. The molecule has 1 aromatic rings. The topological polar surface area (TPSA) is 130 Å². The van der Waals surface area contributed by atoms with Crippen LogP contribution in [-0.4, -0.2) is 42.3 Å². The number of amides is 1. The van der Waals surface area contributed by atoms with E-state index in [1.165, 1.54) is 18.0 Å². The summed E-state index contributed by atoms with van der Waals surface area (Å²) in [5.41, 5.74) is -0.440. The van der Waals surface area contributed by atoms with Crippen molar-refractivity contribution in [3.8, 4) is 0 Å². The average molecular weight is 351 g/mol. The second kappa shape index (κ2) is 5.06. The number of fused-ring (bicyclic) bond motifs is 1. The highest BCUT2D eigenvalue weighted by Crippen LogP contribution is 2.37. The van der Waals surface area contributed by atoms with Gasteiger partial charge in [0.05, 0.1) is 27.8 Å². The van der Waals surface area contributed by atoms with Crippen molar-refractivity contribution in [1.82, 2.24) is 4.90 Å². The third-order valence-electron chi connectivity index (χ3n) is 4.06. The molecule has 0 aliphatic carbocycles. The van der Waals surface area contributed by atoms with Crippen LogP contribution in [0.15, 0.2) is 45.5 Å². The lowest BCUT2D eigenvalue weighted by Gasteiger charge is -2.20. The van der Waals surface area contributed by atoms with Gasteiger partial charge in [0.15, 0.2) is 0 Å². The zero-order chi connectivity index (χ0) is 17.8. The van der Waals surface area contributed by atoms with Crippen LogP contribution in [0, 0.1) is 10.1 Å². The van der Waals surface area contributed by atoms with Crippen LogP contribution in [0.5, 0.6) is 0 Å². The van der Waals surface area contributed by atoms with Crippen molar-refractivity contribution >= 4 is 27.1 Å². The van der Waals surface area contributed by atoms with E-state index in [4.69, 9.17) is 0 Å². The molecule has 1 unspecified atom stereocenters. The Kier molecular flexibility index (Phi) is 3.37. The van der Waals surface area contributed by atoms with Crippen molar-refractivity contribution in [3.05, 3.63) is 50.8 Å².